The van der Waals surface area contributed by atoms with E-state index in [1.165, 1.54) is 6.07 Å². The van der Waals surface area contributed by atoms with Gasteiger partial charge in [-0.2, -0.15) is 0 Å². The maximum Gasteiger partial charge on any atom is 0.251 e. The molecule has 0 aromatic heterocycles. The summed E-state index contributed by atoms with van der Waals surface area (Å²) in [6, 6.07) is 3.19. The van der Waals surface area contributed by atoms with Crippen LogP contribution < -0.4 is 10.5 Å². The van der Waals surface area contributed by atoms with E-state index in [9.17, 15) is 13.2 Å². The van der Waals surface area contributed by atoms with Gasteiger partial charge < -0.3 is 5.32 Å². The Kier molecular flexibility index (Phi) is 4.75. The molecule has 0 aliphatic heterocycles. The summed E-state index contributed by atoms with van der Waals surface area (Å²) < 4.78 is 23.7. The van der Waals surface area contributed by atoms with E-state index in [2.05, 4.69) is 28.2 Å². The van der Waals surface area contributed by atoms with Crippen LogP contribution >= 0.6 is 15.9 Å². The van der Waals surface area contributed by atoms with E-state index in [1.54, 1.807) is 13.0 Å². The number of benzene rings is 1. The van der Waals surface area contributed by atoms with Crippen molar-refractivity contribution < 1.29 is 13.2 Å². The van der Waals surface area contributed by atoms with Crippen LogP contribution in [-0.2, 0) is 10.0 Å². The molecule has 1 aliphatic carbocycles. The molecule has 1 amide bonds. The van der Waals surface area contributed by atoms with Gasteiger partial charge >= 0.3 is 0 Å². The van der Waals surface area contributed by atoms with Crippen molar-refractivity contribution in [3.63, 3.8) is 0 Å². The summed E-state index contributed by atoms with van der Waals surface area (Å²) in [5.74, 6) is 0.358. The summed E-state index contributed by atoms with van der Waals surface area (Å²) >= 11 is 3.23. The average molecular weight is 375 g/mol. The normalized spacial score (nSPS) is 22.3. The summed E-state index contributed by atoms with van der Waals surface area (Å²) in [5.41, 5.74) is 0.720. The quantitative estimate of drug-likeness (QED) is 0.850. The number of halogens is 1. The fourth-order valence-electron chi connectivity index (χ4n) is 2.79. The Labute approximate surface area is 133 Å². The molecule has 2 atom stereocenters. The molecular weight excluding hydrogens is 356 g/mol. The number of nitrogens with one attached hydrogen (secondary N) is 1. The summed E-state index contributed by atoms with van der Waals surface area (Å²) in [4.78, 5) is 12.4. The second-order valence-electron chi connectivity index (χ2n) is 5.71. The van der Waals surface area contributed by atoms with Gasteiger partial charge in [0.2, 0.25) is 10.0 Å². The van der Waals surface area contributed by atoms with Crippen LogP contribution in [0.4, 0.5) is 0 Å². The molecule has 2 unspecified atom stereocenters. The molecule has 0 spiro atoms. The minimum Gasteiger partial charge on any atom is -0.349 e. The van der Waals surface area contributed by atoms with E-state index in [4.69, 9.17) is 5.14 Å². The van der Waals surface area contributed by atoms with Crippen LogP contribution in [0.5, 0.6) is 0 Å². The van der Waals surface area contributed by atoms with Gasteiger partial charge in [-0.3, -0.25) is 4.79 Å². The molecule has 0 saturated heterocycles. The molecule has 3 N–H and O–H groups in total. The van der Waals surface area contributed by atoms with Crippen molar-refractivity contribution in [2.45, 2.75) is 44.0 Å². The highest BCUT2D eigenvalue weighted by Crippen LogP contribution is 2.27. The van der Waals surface area contributed by atoms with Crippen molar-refractivity contribution in [1.82, 2.24) is 5.32 Å². The molecule has 0 heterocycles. The van der Waals surface area contributed by atoms with Gasteiger partial charge in [-0.25, -0.2) is 13.6 Å². The summed E-state index contributed by atoms with van der Waals surface area (Å²) in [6.07, 6.45) is 3.02. The summed E-state index contributed by atoms with van der Waals surface area (Å²) in [7, 11) is -3.86. The van der Waals surface area contributed by atoms with E-state index in [1.807, 2.05) is 0 Å². The van der Waals surface area contributed by atoms with Gasteiger partial charge in [0, 0.05) is 16.1 Å². The fourth-order valence-corrected chi connectivity index (χ4v) is 4.22. The molecule has 1 aromatic carbocycles. The van der Waals surface area contributed by atoms with Gasteiger partial charge in [0.25, 0.3) is 5.91 Å². The summed E-state index contributed by atoms with van der Waals surface area (Å²) in [5, 5.41) is 8.17. The van der Waals surface area contributed by atoms with Gasteiger partial charge in [0.1, 0.15) is 0 Å². The van der Waals surface area contributed by atoms with E-state index in [0.29, 0.717) is 21.5 Å². The Morgan fingerprint density at radius 1 is 1.38 bits per heavy atom. The Morgan fingerprint density at radius 3 is 2.57 bits per heavy atom. The Hall–Kier alpha value is -0.920. The highest BCUT2D eigenvalue weighted by molar-refractivity contribution is 9.10. The predicted molar refractivity (Wildman–Crippen MR) is 84.5 cm³/mol. The predicted octanol–water partition coefficient (Wildman–Crippen LogP) is 2.32. The lowest BCUT2D eigenvalue weighted by Gasteiger charge is -2.15. The number of hydrogen-bond acceptors (Lipinski definition) is 3. The smallest absolute Gasteiger partial charge is 0.251 e. The Bertz CT molecular complexity index is 673. The summed E-state index contributed by atoms with van der Waals surface area (Å²) in [6.45, 7) is 3.76. The fraction of sp³-hybridized carbons (Fsp3) is 0.500. The van der Waals surface area contributed by atoms with E-state index >= 15 is 0 Å². The molecule has 2 rings (SSSR count). The lowest BCUT2D eigenvalue weighted by atomic mass is 10.1. The van der Waals surface area contributed by atoms with Gasteiger partial charge in [-0.1, -0.05) is 22.9 Å². The van der Waals surface area contributed by atoms with Gasteiger partial charge in [-0.15, -0.1) is 0 Å². The van der Waals surface area contributed by atoms with Crippen molar-refractivity contribution in [3.8, 4) is 0 Å². The van der Waals surface area contributed by atoms with Crippen LogP contribution in [0.1, 0.15) is 42.1 Å². The molecule has 1 fully saturated rings. The number of nitrogens with two attached hydrogens (primary N) is 1. The van der Waals surface area contributed by atoms with Crippen LogP contribution in [0, 0.1) is 12.8 Å². The van der Waals surface area contributed by atoms with Gasteiger partial charge in [0.05, 0.1) is 4.90 Å². The maximum absolute atomic E-state index is 12.4. The second kappa shape index (κ2) is 6.06. The first-order chi connectivity index (χ1) is 9.68. The topological polar surface area (TPSA) is 89.3 Å². The van der Waals surface area contributed by atoms with Crippen LogP contribution in [-0.4, -0.2) is 20.4 Å². The average Bonchev–Trinajstić information content (AvgIpc) is 2.75. The number of amides is 1. The van der Waals surface area contributed by atoms with Crippen LogP contribution in [0.25, 0.3) is 0 Å². The molecule has 1 saturated carbocycles. The second-order valence-corrected chi connectivity index (χ2v) is 8.16. The van der Waals surface area contributed by atoms with Crippen LogP contribution in [0.15, 0.2) is 21.5 Å². The lowest BCUT2D eigenvalue weighted by Crippen LogP contribution is -2.33. The first-order valence-corrected chi connectivity index (χ1v) is 9.16. The molecule has 116 valence electrons. The van der Waals surface area contributed by atoms with Gasteiger partial charge in [0.15, 0.2) is 0 Å². The zero-order chi connectivity index (χ0) is 15.8. The monoisotopic (exact) mass is 374 g/mol. The number of hydrogen-bond donors (Lipinski definition) is 2. The highest BCUT2D eigenvalue weighted by Gasteiger charge is 2.25. The largest absolute Gasteiger partial charge is 0.349 e. The third-order valence-corrected chi connectivity index (χ3v) is 5.40. The standard InChI is InChI=1S/C14H19BrN2O3S/c1-8-3-4-11(5-8)17-14(18)12-6-10(15)7-13(9(12)2)21(16,19)20/h6-8,11H,3-5H2,1-2H3,(H,17,18)(H2,16,19,20). The molecule has 21 heavy (non-hydrogen) atoms. The Balaban J connectivity index is 2.31. The number of carbonyl (C=O) groups is 1. The van der Waals surface area contributed by atoms with Crippen molar-refractivity contribution in [2.24, 2.45) is 11.1 Å². The van der Waals surface area contributed by atoms with Gasteiger partial charge in [-0.05, 0) is 49.8 Å². The molecule has 0 radical (unpaired) electrons. The number of primary sulfonamides is 1. The number of rotatable bonds is 3. The third-order valence-electron chi connectivity index (χ3n) is 3.91. The first-order valence-electron chi connectivity index (χ1n) is 6.82. The van der Waals surface area contributed by atoms with Crippen molar-refractivity contribution in [3.05, 3.63) is 27.7 Å². The lowest BCUT2D eigenvalue weighted by molar-refractivity contribution is 0.0936. The van der Waals surface area contributed by atoms with E-state index in [-0.39, 0.29) is 16.8 Å². The van der Waals surface area contributed by atoms with E-state index in [0.717, 1.165) is 19.3 Å². The zero-order valence-electron chi connectivity index (χ0n) is 12.0. The zero-order valence-corrected chi connectivity index (χ0v) is 14.4. The van der Waals surface area contributed by atoms with Crippen molar-refractivity contribution in [1.29, 1.82) is 0 Å². The Morgan fingerprint density at radius 2 is 2.05 bits per heavy atom. The molecule has 7 heteroatoms. The maximum atomic E-state index is 12.4. The highest BCUT2D eigenvalue weighted by atomic mass is 79.9. The molecule has 1 aliphatic rings. The SMILES string of the molecule is Cc1c(C(=O)NC2CCC(C)C2)cc(Br)cc1S(N)(=O)=O. The van der Waals surface area contributed by atoms with E-state index < -0.39 is 10.0 Å². The van der Waals surface area contributed by atoms with Crippen LogP contribution in [0.2, 0.25) is 0 Å². The molecular formula is C14H19BrN2O3S. The molecule has 5 nitrogen and oxygen atoms in total. The van der Waals surface area contributed by atoms with Crippen LogP contribution in [0.3, 0.4) is 0 Å². The third kappa shape index (κ3) is 3.84. The minimum atomic E-state index is -3.86. The number of sulfonamides is 1. The van der Waals surface area contributed by atoms with Crippen molar-refractivity contribution >= 4 is 31.9 Å². The number of carbonyl (C=O) groups excluding carboxylic acids is 1. The minimum absolute atomic E-state index is 0.0261. The molecule has 1 aromatic rings. The molecule has 0 bridgehead atoms. The first kappa shape index (κ1) is 16.5. The van der Waals surface area contributed by atoms with Crippen molar-refractivity contribution in [2.75, 3.05) is 0 Å².